The van der Waals surface area contributed by atoms with Crippen molar-refractivity contribution in [3.8, 4) is 0 Å². The van der Waals surface area contributed by atoms with E-state index in [9.17, 15) is 4.39 Å². The zero-order valence-electron chi connectivity index (χ0n) is 8.84. The second-order valence-electron chi connectivity index (χ2n) is 3.55. The van der Waals surface area contributed by atoms with E-state index in [-0.39, 0.29) is 24.3 Å². The van der Waals surface area contributed by atoms with Gasteiger partial charge in [0.15, 0.2) is 0 Å². The number of benzene rings is 1. The third kappa shape index (κ3) is 3.44. The lowest BCUT2D eigenvalue weighted by Gasteiger charge is -2.20. The van der Waals surface area contributed by atoms with Crippen LogP contribution >= 0.6 is 28.3 Å². The highest BCUT2D eigenvalue weighted by molar-refractivity contribution is 9.10. The molecule has 0 amide bonds. The van der Waals surface area contributed by atoms with Crippen LogP contribution < -0.4 is 5.73 Å². The normalized spacial score (nSPS) is 14.2. The Morgan fingerprint density at radius 1 is 1.47 bits per heavy atom. The molecule has 2 N–H and O–H groups in total. The van der Waals surface area contributed by atoms with Crippen LogP contribution in [0.4, 0.5) is 4.39 Å². The highest BCUT2D eigenvalue weighted by atomic mass is 79.9. The average Bonchev–Trinajstić information content (AvgIpc) is 2.20. The number of rotatable bonds is 3. The van der Waals surface area contributed by atoms with Gasteiger partial charge < -0.3 is 5.73 Å². The molecule has 0 saturated heterocycles. The number of nitrogens with two attached hydrogens (primary N) is 1. The first-order valence-corrected chi connectivity index (χ1v) is 5.56. The third-order valence-corrected chi connectivity index (χ3v) is 3.43. The van der Waals surface area contributed by atoms with E-state index in [0.717, 1.165) is 12.0 Å². The van der Waals surface area contributed by atoms with Gasteiger partial charge >= 0.3 is 0 Å². The lowest BCUT2D eigenvalue weighted by atomic mass is 9.93. The predicted molar refractivity (Wildman–Crippen MR) is 67.7 cm³/mol. The van der Waals surface area contributed by atoms with Gasteiger partial charge in [-0.05, 0) is 33.5 Å². The maximum atomic E-state index is 13.2. The van der Waals surface area contributed by atoms with Gasteiger partial charge in [-0.25, -0.2) is 4.39 Å². The summed E-state index contributed by atoms with van der Waals surface area (Å²) in [5.74, 6) is 0.106. The van der Waals surface area contributed by atoms with Crippen LogP contribution in [0, 0.1) is 11.7 Å². The van der Waals surface area contributed by atoms with E-state index in [1.54, 1.807) is 6.07 Å². The van der Waals surface area contributed by atoms with E-state index < -0.39 is 0 Å². The monoisotopic (exact) mass is 295 g/mol. The fraction of sp³-hybridized carbons (Fsp3) is 0.455. The molecule has 0 spiro atoms. The van der Waals surface area contributed by atoms with Crippen molar-refractivity contribution in [2.45, 2.75) is 26.3 Å². The molecule has 1 rings (SSSR count). The lowest BCUT2D eigenvalue weighted by Crippen LogP contribution is -2.19. The Bertz CT molecular complexity index is 319. The van der Waals surface area contributed by atoms with Crippen molar-refractivity contribution >= 4 is 28.3 Å². The van der Waals surface area contributed by atoms with Gasteiger partial charge in [0.05, 0.1) is 4.47 Å². The van der Waals surface area contributed by atoms with Crippen molar-refractivity contribution in [1.82, 2.24) is 0 Å². The van der Waals surface area contributed by atoms with Gasteiger partial charge in [0, 0.05) is 6.04 Å². The Balaban J connectivity index is 0.00000196. The molecule has 0 radical (unpaired) electrons. The third-order valence-electron chi connectivity index (χ3n) is 2.60. The summed E-state index contributed by atoms with van der Waals surface area (Å²) >= 11 is 3.22. The van der Waals surface area contributed by atoms with E-state index in [2.05, 4.69) is 29.8 Å². The Morgan fingerprint density at radius 2 is 2.07 bits per heavy atom. The highest BCUT2D eigenvalue weighted by Crippen LogP contribution is 2.29. The molecule has 0 fully saturated rings. The maximum Gasteiger partial charge on any atom is 0.137 e. The van der Waals surface area contributed by atoms with Crippen molar-refractivity contribution in [3.05, 3.63) is 34.1 Å². The minimum Gasteiger partial charge on any atom is -0.324 e. The molecule has 0 bridgehead atoms. The largest absolute Gasteiger partial charge is 0.324 e. The molecule has 2 atom stereocenters. The van der Waals surface area contributed by atoms with Crippen LogP contribution in [-0.2, 0) is 0 Å². The highest BCUT2D eigenvalue weighted by Gasteiger charge is 2.17. The minimum atomic E-state index is -0.249. The van der Waals surface area contributed by atoms with Gasteiger partial charge in [-0.1, -0.05) is 32.4 Å². The van der Waals surface area contributed by atoms with Crippen LogP contribution in [-0.4, -0.2) is 0 Å². The summed E-state index contributed by atoms with van der Waals surface area (Å²) in [5.41, 5.74) is 6.87. The molecule has 86 valence electrons. The first kappa shape index (κ1) is 14.9. The summed E-state index contributed by atoms with van der Waals surface area (Å²) in [7, 11) is 0. The van der Waals surface area contributed by atoms with Crippen molar-refractivity contribution in [3.63, 3.8) is 0 Å². The van der Waals surface area contributed by atoms with E-state index >= 15 is 0 Å². The molecule has 15 heavy (non-hydrogen) atoms. The van der Waals surface area contributed by atoms with E-state index in [1.165, 1.54) is 6.07 Å². The van der Waals surface area contributed by atoms with Crippen LogP contribution in [0.3, 0.4) is 0 Å². The summed E-state index contributed by atoms with van der Waals surface area (Å²) < 4.78 is 13.7. The predicted octanol–water partition coefficient (Wildman–Crippen LogP) is 4.06. The molecule has 1 nitrogen and oxygen atoms in total. The van der Waals surface area contributed by atoms with Crippen molar-refractivity contribution in [2.24, 2.45) is 11.7 Å². The van der Waals surface area contributed by atoms with Gasteiger partial charge in [0.25, 0.3) is 0 Å². The fourth-order valence-electron chi connectivity index (χ4n) is 1.34. The molecule has 1 aromatic rings. The molecular formula is C11H16BrClFN. The molecule has 0 heterocycles. The Kier molecular flexibility index (Phi) is 6.41. The summed E-state index contributed by atoms with van der Waals surface area (Å²) in [4.78, 5) is 0. The Labute approximate surface area is 105 Å². The summed E-state index contributed by atoms with van der Waals surface area (Å²) in [6.07, 6.45) is 0.990. The first-order chi connectivity index (χ1) is 6.57. The molecule has 0 aromatic heterocycles. The van der Waals surface area contributed by atoms with E-state index in [1.807, 2.05) is 6.07 Å². The number of halogens is 3. The number of hydrogen-bond acceptors (Lipinski definition) is 1. The molecule has 0 aliphatic rings. The number of hydrogen-bond donors (Lipinski definition) is 1. The topological polar surface area (TPSA) is 26.0 Å². The van der Waals surface area contributed by atoms with Crippen molar-refractivity contribution in [1.29, 1.82) is 0 Å². The maximum absolute atomic E-state index is 13.2. The van der Waals surface area contributed by atoms with Crippen molar-refractivity contribution < 1.29 is 4.39 Å². The zero-order valence-corrected chi connectivity index (χ0v) is 11.2. The van der Waals surface area contributed by atoms with Crippen LogP contribution in [0.1, 0.15) is 31.9 Å². The van der Waals surface area contributed by atoms with Crippen LogP contribution in [0.15, 0.2) is 22.7 Å². The second-order valence-corrected chi connectivity index (χ2v) is 4.35. The van der Waals surface area contributed by atoms with Crippen LogP contribution in [0.2, 0.25) is 0 Å². The molecule has 0 aliphatic carbocycles. The van der Waals surface area contributed by atoms with Gasteiger partial charge in [0.1, 0.15) is 5.82 Å². The quantitative estimate of drug-likeness (QED) is 0.894. The van der Waals surface area contributed by atoms with Gasteiger partial charge in [-0.15, -0.1) is 12.4 Å². The van der Waals surface area contributed by atoms with Gasteiger partial charge in [-0.3, -0.25) is 0 Å². The van der Waals surface area contributed by atoms with Gasteiger partial charge in [-0.2, -0.15) is 0 Å². The molecule has 0 saturated carbocycles. The van der Waals surface area contributed by atoms with E-state index in [0.29, 0.717) is 10.4 Å². The molecule has 1 aromatic carbocycles. The minimum absolute atomic E-state index is 0. The fourth-order valence-corrected chi connectivity index (χ4v) is 1.87. The average molecular weight is 297 g/mol. The van der Waals surface area contributed by atoms with Crippen molar-refractivity contribution in [2.75, 3.05) is 0 Å². The molecule has 4 heteroatoms. The van der Waals surface area contributed by atoms with Crippen LogP contribution in [0.25, 0.3) is 0 Å². The second kappa shape index (κ2) is 6.46. The lowest BCUT2D eigenvalue weighted by molar-refractivity contribution is 0.453. The standard InChI is InChI=1S/C11H15BrFN.ClH/c1-3-7(2)11(14)8-5-4-6-9(13)10(8)12;/h4-7,11H,3,14H2,1-2H3;1H/t7?,11-;/m1./s1. The van der Waals surface area contributed by atoms with Gasteiger partial charge in [0.2, 0.25) is 0 Å². The summed E-state index contributed by atoms with van der Waals surface area (Å²) in [6, 6.07) is 4.88. The Morgan fingerprint density at radius 3 is 2.60 bits per heavy atom. The first-order valence-electron chi connectivity index (χ1n) is 4.77. The molecular weight excluding hydrogens is 280 g/mol. The smallest absolute Gasteiger partial charge is 0.137 e. The molecule has 1 unspecified atom stereocenters. The molecule has 0 aliphatic heterocycles. The van der Waals surface area contributed by atoms with E-state index in [4.69, 9.17) is 5.73 Å². The summed E-state index contributed by atoms with van der Waals surface area (Å²) in [6.45, 7) is 4.15. The summed E-state index contributed by atoms with van der Waals surface area (Å²) in [5, 5.41) is 0. The zero-order chi connectivity index (χ0) is 10.7. The SMILES string of the molecule is CCC(C)[C@@H](N)c1cccc(F)c1Br.Cl. The Hall–Kier alpha value is -0.120. The van der Waals surface area contributed by atoms with Crippen LogP contribution in [0.5, 0.6) is 0 Å².